The summed E-state index contributed by atoms with van der Waals surface area (Å²) in [6.45, 7) is 1.09. The topological polar surface area (TPSA) is 12.0 Å². The molecule has 1 atom stereocenters. The summed E-state index contributed by atoms with van der Waals surface area (Å²) in [5.41, 5.74) is 1.03. The van der Waals surface area contributed by atoms with Gasteiger partial charge in [0.2, 0.25) is 0 Å². The van der Waals surface area contributed by atoms with Crippen LogP contribution in [0.2, 0.25) is 5.02 Å². The van der Waals surface area contributed by atoms with Gasteiger partial charge in [0.05, 0.1) is 0 Å². The van der Waals surface area contributed by atoms with Crippen molar-refractivity contribution < 1.29 is 4.39 Å². The molecule has 1 aliphatic heterocycles. The van der Waals surface area contributed by atoms with Gasteiger partial charge in [0.15, 0.2) is 0 Å². The van der Waals surface area contributed by atoms with Crippen LogP contribution in [0.4, 0.5) is 4.39 Å². The molecule has 1 fully saturated rings. The van der Waals surface area contributed by atoms with Crippen LogP contribution >= 0.6 is 11.6 Å². The van der Waals surface area contributed by atoms with Gasteiger partial charge in [-0.25, -0.2) is 4.39 Å². The van der Waals surface area contributed by atoms with Crippen LogP contribution in [-0.2, 0) is 6.42 Å². The van der Waals surface area contributed by atoms with E-state index in [0.29, 0.717) is 11.1 Å². The Hall–Kier alpha value is -0.600. The van der Waals surface area contributed by atoms with E-state index in [2.05, 4.69) is 5.32 Å². The highest BCUT2D eigenvalue weighted by molar-refractivity contribution is 6.31. The van der Waals surface area contributed by atoms with Crippen molar-refractivity contribution in [3.8, 4) is 0 Å². The van der Waals surface area contributed by atoms with Crippen molar-refractivity contribution in [1.29, 1.82) is 0 Å². The fraction of sp³-hybridized carbons (Fsp3) is 0.455. The average molecular weight is 214 g/mol. The van der Waals surface area contributed by atoms with Crippen LogP contribution in [0.1, 0.15) is 18.4 Å². The number of benzene rings is 1. The van der Waals surface area contributed by atoms with Gasteiger partial charge in [-0.3, -0.25) is 0 Å². The lowest BCUT2D eigenvalue weighted by molar-refractivity contribution is 0.598. The van der Waals surface area contributed by atoms with Gasteiger partial charge in [-0.1, -0.05) is 17.7 Å². The molecule has 0 aromatic heterocycles. The maximum Gasteiger partial charge on any atom is 0.124 e. The second-order valence-corrected chi connectivity index (χ2v) is 4.14. The summed E-state index contributed by atoms with van der Waals surface area (Å²) >= 11 is 5.94. The summed E-state index contributed by atoms with van der Waals surface area (Å²) in [4.78, 5) is 0. The molecule has 0 radical (unpaired) electrons. The van der Waals surface area contributed by atoms with Crippen LogP contribution < -0.4 is 5.32 Å². The molecule has 1 aromatic carbocycles. The molecule has 1 N–H and O–H groups in total. The number of hydrogen-bond donors (Lipinski definition) is 1. The molecule has 3 heteroatoms. The summed E-state index contributed by atoms with van der Waals surface area (Å²) in [6, 6.07) is 5.14. The van der Waals surface area contributed by atoms with E-state index in [1.54, 1.807) is 6.07 Å². The average Bonchev–Trinajstić information content (AvgIpc) is 2.62. The summed E-state index contributed by atoms with van der Waals surface area (Å²) < 4.78 is 12.8. The molecule has 0 bridgehead atoms. The quantitative estimate of drug-likeness (QED) is 0.797. The van der Waals surface area contributed by atoms with Crippen molar-refractivity contribution in [2.75, 3.05) is 6.54 Å². The molecule has 0 amide bonds. The van der Waals surface area contributed by atoms with E-state index in [4.69, 9.17) is 11.6 Å². The monoisotopic (exact) mass is 213 g/mol. The van der Waals surface area contributed by atoms with Gasteiger partial charge in [-0.2, -0.15) is 0 Å². The van der Waals surface area contributed by atoms with Crippen molar-refractivity contribution >= 4 is 11.6 Å². The first-order valence-corrected chi connectivity index (χ1v) is 5.31. The summed E-state index contributed by atoms with van der Waals surface area (Å²) in [5, 5.41) is 3.93. The maximum absolute atomic E-state index is 12.8. The molecule has 1 heterocycles. The van der Waals surface area contributed by atoms with Crippen molar-refractivity contribution in [1.82, 2.24) is 5.32 Å². The molecule has 1 aliphatic rings. The Bertz CT molecular complexity index is 321. The van der Waals surface area contributed by atoms with Gasteiger partial charge in [0, 0.05) is 11.1 Å². The second kappa shape index (κ2) is 4.28. The van der Waals surface area contributed by atoms with Gasteiger partial charge in [-0.05, 0) is 43.5 Å². The maximum atomic E-state index is 12.8. The fourth-order valence-electron chi connectivity index (χ4n) is 1.88. The van der Waals surface area contributed by atoms with Crippen LogP contribution in [0.5, 0.6) is 0 Å². The number of nitrogens with one attached hydrogen (secondary N) is 1. The second-order valence-electron chi connectivity index (χ2n) is 3.73. The van der Waals surface area contributed by atoms with Crippen molar-refractivity contribution in [2.24, 2.45) is 0 Å². The predicted molar refractivity (Wildman–Crippen MR) is 56.1 cm³/mol. The molecule has 0 spiro atoms. The highest BCUT2D eigenvalue weighted by Gasteiger charge is 2.15. The van der Waals surface area contributed by atoms with E-state index in [1.807, 2.05) is 0 Å². The Labute approximate surface area is 88.3 Å². The Kier molecular flexibility index (Phi) is 3.04. The van der Waals surface area contributed by atoms with Gasteiger partial charge < -0.3 is 5.32 Å². The van der Waals surface area contributed by atoms with E-state index >= 15 is 0 Å². The Morgan fingerprint density at radius 2 is 2.36 bits per heavy atom. The number of halogens is 2. The first-order valence-electron chi connectivity index (χ1n) is 4.93. The van der Waals surface area contributed by atoms with Crippen LogP contribution in [0.3, 0.4) is 0 Å². The smallest absolute Gasteiger partial charge is 0.124 e. The van der Waals surface area contributed by atoms with Gasteiger partial charge in [-0.15, -0.1) is 0 Å². The summed E-state index contributed by atoms with van der Waals surface area (Å²) in [6.07, 6.45) is 3.32. The fourth-order valence-corrected chi connectivity index (χ4v) is 2.13. The highest BCUT2D eigenvalue weighted by Crippen LogP contribution is 2.20. The molecule has 2 rings (SSSR count). The first-order chi connectivity index (χ1) is 6.75. The van der Waals surface area contributed by atoms with Gasteiger partial charge in [0.1, 0.15) is 5.82 Å². The minimum atomic E-state index is -0.266. The zero-order valence-corrected chi connectivity index (χ0v) is 8.65. The zero-order chi connectivity index (χ0) is 9.97. The molecule has 1 unspecified atom stereocenters. The molecule has 76 valence electrons. The summed E-state index contributed by atoms with van der Waals surface area (Å²) in [5.74, 6) is -0.266. The molecule has 14 heavy (non-hydrogen) atoms. The third-order valence-electron chi connectivity index (χ3n) is 2.64. The van der Waals surface area contributed by atoms with E-state index < -0.39 is 0 Å². The van der Waals surface area contributed by atoms with Crippen LogP contribution in [0.25, 0.3) is 0 Å². The SMILES string of the molecule is Fc1ccc(CC2CCCN2)c(Cl)c1. The first kappa shape index (κ1) is 9.94. The Balaban J connectivity index is 2.08. The lowest BCUT2D eigenvalue weighted by Gasteiger charge is -2.11. The highest BCUT2D eigenvalue weighted by atomic mass is 35.5. The van der Waals surface area contributed by atoms with Gasteiger partial charge in [0.25, 0.3) is 0 Å². The van der Waals surface area contributed by atoms with E-state index in [-0.39, 0.29) is 5.82 Å². The van der Waals surface area contributed by atoms with Crippen LogP contribution in [-0.4, -0.2) is 12.6 Å². The van der Waals surface area contributed by atoms with Gasteiger partial charge >= 0.3 is 0 Å². The third kappa shape index (κ3) is 2.25. The van der Waals surface area contributed by atoms with E-state index in [1.165, 1.54) is 25.0 Å². The lowest BCUT2D eigenvalue weighted by Crippen LogP contribution is -2.23. The number of rotatable bonds is 2. The predicted octanol–water partition coefficient (Wildman–Crippen LogP) is 2.77. The van der Waals surface area contributed by atoms with Crippen molar-refractivity contribution in [2.45, 2.75) is 25.3 Å². The molecular formula is C11H13ClFN. The number of hydrogen-bond acceptors (Lipinski definition) is 1. The molecule has 0 aliphatic carbocycles. The Morgan fingerprint density at radius 3 is 3.00 bits per heavy atom. The molecular weight excluding hydrogens is 201 g/mol. The van der Waals surface area contributed by atoms with E-state index in [0.717, 1.165) is 18.5 Å². The molecule has 1 saturated heterocycles. The van der Waals surface area contributed by atoms with Crippen molar-refractivity contribution in [3.63, 3.8) is 0 Å². The minimum absolute atomic E-state index is 0.266. The van der Waals surface area contributed by atoms with Crippen molar-refractivity contribution in [3.05, 3.63) is 34.6 Å². The lowest BCUT2D eigenvalue weighted by atomic mass is 10.0. The molecule has 1 aromatic rings. The zero-order valence-electron chi connectivity index (χ0n) is 7.89. The third-order valence-corrected chi connectivity index (χ3v) is 3.00. The molecule has 0 saturated carbocycles. The minimum Gasteiger partial charge on any atom is -0.314 e. The standard InChI is InChI=1S/C11H13ClFN/c12-11-7-9(13)4-3-8(11)6-10-2-1-5-14-10/h3-4,7,10,14H,1-2,5-6H2. The normalized spacial score (nSPS) is 21.4. The van der Waals surface area contributed by atoms with E-state index in [9.17, 15) is 4.39 Å². The molecule has 1 nitrogen and oxygen atoms in total. The van der Waals surface area contributed by atoms with Crippen LogP contribution in [0.15, 0.2) is 18.2 Å². The largest absolute Gasteiger partial charge is 0.314 e. The summed E-state index contributed by atoms with van der Waals surface area (Å²) in [7, 11) is 0. The Morgan fingerprint density at radius 1 is 1.50 bits per heavy atom. The van der Waals surface area contributed by atoms with Crippen LogP contribution in [0, 0.1) is 5.82 Å².